The van der Waals surface area contributed by atoms with Gasteiger partial charge in [0.1, 0.15) is 5.82 Å². The molecule has 2 N–H and O–H groups in total. The van der Waals surface area contributed by atoms with Gasteiger partial charge in [-0.05, 0) is 25.3 Å². The van der Waals surface area contributed by atoms with Crippen LogP contribution in [0.5, 0.6) is 0 Å². The molecule has 0 aliphatic heterocycles. The van der Waals surface area contributed by atoms with E-state index in [-0.39, 0.29) is 0 Å². The Kier molecular flexibility index (Phi) is 4.65. The number of rotatable bonds is 5. The fraction of sp³-hybridized carbons (Fsp3) is 0.643. The van der Waals surface area contributed by atoms with E-state index in [1.165, 1.54) is 37.8 Å². The van der Waals surface area contributed by atoms with Crippen molar-refractivity contribution in [3.63, 3.8) is 0 Å². The van der Waals surface area contributed by atoms with Crippen molar-refractivity contribution in [2.45, 2.75) is 51.5 Å². The maximum Gasteiger partial charge on any atom is 0.127 e. The smallest absolute Gasteiger partial charge is 0.127 e. The van der Waals surface area contributed by atoms with Gasteiger partial charge in [-0.1, -0.05) is 26.2 Å². The fourth-order valence-corrected chi connectivity index (χ4v) is 2.35. The summed E-state index contributed by atoms with van der Waals surface area (Å²) in [4.78, 5) is 4.32. The van der Waals surface area contributed by atoms with E-state index in [0.717, 1.165) is 18.8 Å². The molecule has 3 nitrogen and oxygen atoms in total. The minimum Gasteiger partial charge on any atom is -0.382 e. The molecule has 17 heavy (non-hydrogen) atoms. The molecule has 1 aliphatic rings. The molecule has 3 heteroatoms. The summed E-state index contributed by atoms with van der Waals surface area (Å²) in [6.07, 6.45) is 9.75. The average Bonchev–Trinajstić information content (AvgIpc) is 2.38. The molecule has 0 spiro atoms. The molecule has 0 aromatic carbocycles. The zero-order valence-electron chi connectivity index (χ0n) is 10.7. The van der Waals surface area contributed by atoms with Crippen molar-refractivity contribution < 1.29 is 0 Å². The van der Waals surface area contributed by atoms with E-state index >= 15 is 0 Å². The Balaban J connectivity index is 1.90. The molecule has 2 rings (SSSR count). The second kappa shape index (κ2) is 6.48. The van der Waals surface area contributed by atoms with Crippen LogP contribution in [0.2, 0.25) is 0 Å². The summed E-state index contributed by atoms with van der Waals surface area (Å²) < 4.78 is 0. The average molecular weight is 233 g/mol. The largest absolute Gasteiger partial charge is 0.382 e. The van der Waals surface area contributed by atoms with Gasteiger partial charge < -0.3 is 10.6 Å². The normalized spacial score (nSPS) is 16.8. The van der Waals surface area contributed by atoms with Gasteiger partial charge in [-0.3, -0.25) is 0 Å². The van der Waals surface area contributed by atoms with Crippen LogP contribution in [0.4, 0.5) is 11.5 Å². The third-order valence-corrected chi connectivity index (χ3v) is 3.29. The molecule has 1 aromatic rings. The first-order valence-corrected chi connectivity index (χ1v) is 6.85. The van der Waals surface area contributed by atoms with E-state index in [4.69, 9.17) is 0 Å². The maximum absolute atomic E-state index is 4.32. The first kappa shape index (κ1) is 12.2. The highest BCUT2D eigenvalue weighted by Crippen LogP contribution is 2.22. The Bertz CT molecular complexity index is 332. The van der Waals surface area contributed by atoms with Crippen molar-refractivity contribution in [3.05, 3.63) is 18.3 Å². The van der Waals surface area contributed by atoms with Crippen LogP contribution >= 0.6 is 0 Å². The van der Waals surface area contributed by atoms with E-state index in [1.54, 1.807) is 0 Å². The standard InChI is InChI=1S/C14H23N3/c1-2-9-15-14-11-13(8-10-16-14)17-12-6-4-3-5-7-12/h8,10-12H,2-7,9H2,1H3,(H2,15,16,17). The molecule has 0 amide bonds. The topological polar surface area (TPSA) is 37.0 Å². The van der Waals surface area contributed by atoms with Gasteiger partial charge >= 0.3 is 0 Å². The molecule has 1 fully saturated rings. The van der Waals surface area contributed by atoms with E-state index in [0.29, 0.717) is 6.04 Å². The van der Waals surface area contributed by atoms with Crippen molar-refractivity contribution >= 4 is 11.5 Å². The highest BCUT2D eigenvalue weighted by Gasteiger charge is 2.12. The van der Waals surface area contributed by atoms with Crippen LogP contribution in [0.1, 0.15) is 45.4 Å². The summed E-state index contributed by atoms with van der Waals surface area (Å²) in [5.74, 6) is 0.979. The number of hydrogen-bond donors (Lipinski definition) is 2. The SMILES string of the molecule is CCCNc1cc(NC2CCCCC2)ccn1. The Morgan fingerprint density at radius 3 is 2.88 bits per heavy atom. The second-order valence-electron chi connectivity index (χ2n) is 4.84. The monoisotopic (exact) mass is 233 g/mol. The first-order valence-electron chi connectivity index (χ1n) is 6.85. The summed E-state index contributed by atoms with van der Waals surface area (Å²) in [6, 6.07) is 4.83. The predicted octanol–water partition coefficient (Wildman–Crippen LogP) is 3.65. The fourth-order valence-electron chi connectivity index (χ4n) is 2.35. The van der Waals surface area contributed by atoms with Crippen LogP contribution in [0, 0.1) is 0 Å². The van der Waals surface area contributed by atoms with Crippen LogP contribution in [0.25, 0.3) is 0 Å². The maximum atomic E-state index is 4.32. The zero-order chi connectivity index (χ0) is 11.9. The third kappa shape index (κ3) is 3.91. The lowest BCUT2D eigenvalue weighted by atomic mass is 9.95. The van der Waals surface area contributed by atoms with Crippen LogP contribution in [0.15, 0.2) is 18.3 Å². The molecule has 1 aromatic heterocycles. The van der Waals surface area contributed by atoms with Gasteiger partial charge in [0.05, 0.1) is 0 Å². The van der Waals surface area contributed by atoms with Gasteiger partial charge in [0.2, 0.25) is 0 Å². The molecule has 0 atom stereocenters. The zero-order valence-corrected chi connectivity index (χ0v) is 10.7. The van der Waals surface area contributed by atoms with Crippen LogP contribution in [0.3, 0.4) is 0 Å². The van der Waals surface area contributed by atoms with Gasteiger partial charge in [-0.2, -0.15) is 0 Å². The highest BCUT2D eigenvalue weighted by molar-refractivity contribution is 5.52. The lowest BCUT2D eigenvalue weighted by Crippen LogP contribution is -2.22. The molecule has 0 unspecified atom stereocenters. The van der Waals surface area contributed by atoms with Crippen molar-refractivity contribution in [1.82, 2.24) is 4.98 Å². The Hall–Kier alpha value is -1.25. The van der Waals surface area contributed by atoms with Crippen molar-refractivity contribution in [2.75, 3.05) is 17.2 Å². The number of hydrogen-bond acceptors (Lipinski definition) is 3. The molecule has 0 bridgehead atoms. The number of pyridine rings is 1. The summed E-state index contributed by atoms with van der Waals surface area (Å²) in [6.45, 7) is 3.15. The molecular weight excluding hydrogens is 210 g/mol. The minimum atomic E-state index is 0.658. The summed E-state index contributed by atoms with van der Waals surface area (Å²) in [5, 5.41) is 6.94. The lowest BCUT2D eigenvalue weighted by molar-refractivity contribution is 0.463. The molecule has 1 saturated carbocycles. The summed E-state index contributed by atoms with van der Waals surface area (Å²) in [7, 11) is 0. The number of nitrogens with one attached hydrogen (secondary N) is 2. The number of anilines is 2. The Morgan fingerprint density at radius 2 is 2.12 bits per heavy atom. The first-order chi connectivity index (χ1) is 8.38. The molecule has 0 radical (unpaired) electrons. The third-order valence-electron chi connectivity index (χ3n) is 3.29. The summed E-state index contributed by atoms with van der Waals surface area (Å²) >= 11 is 0. The predicted molar refractivity (Wildman–Crippen MR) is 73.5 cm³/mol. The summed E-state index contributed by atoms with van der Waals surface area (Å²) in [5.41, 5.74) is 1.20. The van der Waals surface area contributed by atoms with Crippen molar-refractivity contribution in [2.24, 2.45) is 0 Å². The van der Waals surface area contributed by atoms with E-state index in [1.807, 2.05) is 6.20 Å². The molecule has 1 aliphatic carbocycles. The lowest BCUT2D eigenvalue weighted by Gasteiger charge is -2.24. The van der Waals surface area contributed by atoms with Crippen molar-refractivity contribution in [3.8, 4) is 0 Å². The molecular formula is C14H23N3. The molecule has 1 heterocycles. The van der Waals surface area contributed by atoms with Gasteiger partial charge in [-0.25, -0.2) is 4.98 Å². The molecule has 94 valence electrons. The molecule has 0 saturated heterocycles. The quantitative estimate of drug-likeness (QED) is 0.815. The number of nitrogens with zero attached hydrogens (tertiary/aromatic N) is 1. The van der Waals surface area contributed by atoms with Gasteiger partial charge in [0.25, 0.3) is 0 Å². The Labute approximate surface area is 104 Å². The van der Waals surface area contributed by atoms with Crippen LogP contribution in [-0.4, -0.2) is 17.6 Å². The number of aromatic nitrogens is 1. The van der Waals surface area contributed by atoms with Crippen LogP contribution in [-0.2, 0) is 0 Å². The van der Waals surface area contributed by atoms with Gasteiger partial charge in [0.15, 0.2) is 0 Å². The Morgan fingerprint density at radius 1 is 1.29 bits per heavy atom. The minimum absolute atomic E-state index is 0.658. The van der Waals surface area contributed by atoms with Gasteiger partial charge in [-0.15, -0.1) is 0 Å². The van der Waals surface area contributed by atoms with E-state index < -0.39 is 0 Å². The highest BCUT2D eigenvalue weighted by atomic mass is 15.0. The van der Waals surface area contributed by atoms with Gasteiger partial charge in [0, 0.05) is 30.5 Å². The van der Waals surface area contributed by atoms with Crippen molar-refractivity contribution in [1.29, 1.82) is 0 Å². The van der Waals surface area contributed by atoms with Crippen LogP contribution < -0.4 is 10.6 Å². The second-order valence-corrected chi connectivity index (χ2v) is 4.84. The van der Waals surface area contributed by atoms with E-state index in [2.05, 4.69) is 34.7 Å². The van der Waals surface area contributed by atoms with E-state index in [9.17, 15) is 0 Å².